The third-order valence-corrected chi connectivity index (χ3v) is 3.95. The number of esters is 1. The van der Waals surface area contributed by atoms with Crippen LogP contribution in [0.25, 0.3) is 0 Å². The van der Waals surface area contributed by atoms with Crippen LogP contribution in [0, 0.1) is 9.39 Å². The number of hydrogen-bond acceptors (Lipinski definition) is 4. The molecule has 0 atom stereocenters. The molecule has 1 N–H and O–H groups in total. The van der Waals surface area contributed by atoms with Crippen molar-refractivity contribution in [1.29, 1.82) is 0 Å². The van der Waals surface area contributed by atoms with Crippen molar-refractivity contribution < 1.29 is 23.5 Å². The van der Waals surface area contributed by atoms with Crippen LogP contribution in [-0.4, -0.2) is 25.1 Å². The van der Waals surface area contributed by atoms with E-state index in [1.165, 1.54) is 12.1 Å². The summed E-state index contributed by atoms with van der Waals surface area (Å²) in [6.07, 6.45) is 0. The zero-order valence-electron chi connectivity index (χ0n) is 12.2. The Morgan fingerprint density at radius 3 is 2.50 bits per heavy atom. The summed E-state index contributed by atoms with van der Waals surface area (Å²) in [6, 6.07) is 11.3. The van der Waals surface area contributed by atoms with Gasteiger partial charge in [-0.2, -0.15) is 0 Å². The Morgan fingerprint density at radius 2 is 1.83 bits per heavy atom. The Balaban J connectivity index is 1.74. The van der Waals surface area contributed by atoms with E-state index in [0.717, 1.165) is 3.57 Å². The Hall–Kier alpha value is -1.68. The van der Waals surface area contributed by atoms with Crippen molar-refractivity contribution in [3.05, 3.63) is 56.3 Å². The van der Waals surface area contributed by atoms with E-state index in [0.29, 0.717) is 10.2 Å². The molecule has 8 heteroatoms. The standard InChI is InChI=1S/C16H12BrFINO4/c17-10-1-6-14(13(18)7-10)20-15(21)8-24-16(22)9-23-12-4-2-11(19)3-5-12/h1-7H,8-9H2,(H,20,21). The first-order chi connectivity index (χ1) is 11.4. The van der Waals surface area contributed by atoms with Gasteiger partial charge >= 0.3 is 5.97 Å². The number of anilines is 1. The predicted octanol–water partition coefficient (Wildman–Crippen LogP) is 3.75. The van der Waals surface area contributed by atoms with E-state index in [9.17, 15) is 14.0 Å². The molecule has 2 aromatic carbocycles. The van der Waals surface area contributed by atoms with Gasteiger partial charge < -0.3 is 14.8 Å². The van der Waals surface area contributed by atoms with Crippen LogP contribution in [0.1, 0.15) is 0 Å². The molecule has 2 rings (SSSR count). The van der Waals surface area contributed by atoms with Crippen molar-refractivity contribution in [3.63, 3.8) is 0 Å². The predicted molar refractivity (Wildman–Crippen MR) is 98.3 cm³/mol. The third kappa shape index (κ3) is 6.08. The molecule has 0 bridgehead atoms. The molecule has 0 aliphatic rings. The second kappa shape index (κ2) is 8.97. The summed E-state index contributed by atoms with van der Waals surface area (Å²) in [5.74, 6) is -1.40. The van der Waals surface area contributed by atoms with Gasteiger partial charge in [0.15, 0.2) is 13.2 Å². The van der Waals surface area contributed by atoms with Gasteiger partial charge in [0.25, 0.3) is 5.91 Å². The number of amides is 1. The summed E-state index contributed by atoms with van der Waals surface area (Å²) >= 11 is 5.27. The number of ether oxygens (including phenoxy) is 2. The molecule has 24 heavy (non-hydrogen) atoms. The molecule has 0 fully saturated rings. The van der Waals surface area contributed by atoms with Crippen LogP contribution in [-0.2, 0) is 14.3 Å². The number of carbonyl (C=O) groups is 2. The molecule has 0 aliphatic heterocycles. The van der Waals surface area contributed by atoms with Gasteiger partial charge in [0.05, 0.1) is 5.69 Å². The molecule has 0 spiro atoms. The van der Waals surface area contributed by atoms with Crippen molar-refractivity contribution in [2.75, 3.05) is 18.5 Å². The van der Waals surface area contributed by atoms with Gasteiger partial charge in [-0.3, -0.25) is 4.79 Å². The van der Waals surface area contributed by atoms with Crippen molar-refractivity contribution in [1.82, 2.24) is 0 Å². The maximum Gasteiger partial charge on any atom is 0.344 e. The number of hydrogen-bond donors (Lipinski definition) is 1. The largest absolute Gasteiger partial charge is 0.482 e. The summed E-state index contributed by atoms with van der Waals surface area (Å²) in [6.45, 7) is -0.842. The molecule has 0 saturated heterocycles. The molecule has 0 aliphatic carbocycles. The minimum Gasteiger partial charge on any atom is -0.482 e. The molecule has 0 unspecified atom stereocenters. The van der Waals surface area contributed by atoms with E-state index in [2.05, 4.69) is 43.8 Å². The molecule has 1 amide bonds. The number of nitrogens with one attached hydrogen (secondary N) is 1. The van der Waals surface area contributed by atoms with E-state index in [1.54, 1.807) is 18.2 Å². The number of rotatable bonds is 6. The van der Waals surface area contributed by atoms with Crippen LogP contribution in [0.2, 0.25) is 0 Å². The maximum atomic E-state index is 13.6. The average Bonchev–Trinajstić information content (AvgIpc) is 2.55. The number of halogens is 3. The normalized spacial score (nSPS) is 10.1. The lowest BCUT2D eigenvalue weighted by atomic mass is 10.3. The Labute approximate surface area is 159 Å². The van der Waals surface area contributed by atoms with Gasteiger partial charge in [-0.1, -0.05) is 15.9 Å². The van der Waals surface area contributed by atoms with Crippen LogP contribution >= 0.6 is 38.5 Å². The highest BCUT2D eigenvalue weighted by molar-refractivity contribution is 14.1. The van der Waals surface area contributed by atoms with E-state index in [4.69, 9.17) is 9.47 Å². The Kier molecular flexibility index (Phi) is 6.98. The second-order valence-corrected chi connectivity index (χ2v) is 6.74. The van der Waals surface area contributed by atoms with E-state index >= 15 is 0 Å². The fourth-order valence-corrected chi connectivity index (χ4v) is 2.33. The summed E-state index contributed by atoms with van der Waals surface area (Å²) in [4.78, 5) is 23.2. The lowest BCUT2D eigenvalue weighted by Gasteiger charge is -2.08. The van der Waals surface area contributed by atoms with Gasteiger partial charge in [0, 0.05) is 8.04 Å². The first-order valence-electron chi connectivity index (χ1n) is 6.73. The van der Waals surface area contributed by atoms with Gasteiger partial charge in [-0.15, -0.1) is 0 Å². The molecule has 126 valence electrons. The summed E-state index contributed by atoms with van der Waals surface area (Å²) < 4.78 is 25.2. The molecular weight excluding hydrogens is 496 g/mol. The first-order valence-corrected chi connectivity index (χ1v) is 8.60. The lowest BCUT2D eigenvalue weighted by Crippen LogP contribution is -2.24. The zero-order valence-corrected chi connectivity index (χ0v) is 16.0. The smallest absolute Gasteiger partial charge is 0.344 e. The highest BCUT2D eigenvalue weighted by Gasteiger charge is 2.11. The molecule has 0 heterocycles. The molecular formula is C16H12BrFINO4. The highest BCUT2D eigenvalue weighted by atomic mass is 127. The first kappa shape index (κ1) is 18.7. The van der Waals surface area contributed by atoms with Crippen LogP contribution in [0.15, 0.2) is 46.9 Å². The summed E-state index contributed by atoms with van der Waals surface area (Å²) in [5.41, 5.74) is 0.00869. The molecule has 0 saturated carbocycles. The summed E-state index contributed by atoms with van der Waals surface area (Å²) in [7, 11) is 0. The van der Waals surface area contributed by atoms with Crippen LogP contribution in [0.3, 0.4) is 0 Å². The molecule has 0 aromatic heterocycles. The van der Waals surface area contributed by atoms with Crippen molar-refractivity contribution in [2.24, 2.45) is 0 Å². The van der Waals surface area contributed by atoms with E-state index in [-0.39, 0.29) is 12.3 Å². The minimum atomic E-state index is -0.694. The lowest BCUT2D eigenvalue weighted by molar-refractivity contribution is -0.149. The second-order valence-electron chi connectivity index (χ2n) is 4.58. The van der Waals surface area contributed by atoms with Gasteiger partial charge in [-0.05, 0) is 65.1 Å². The number of benzene rings is 2. The van der Waals surface area contributed by atoms with E-state index < -0.39 is 24.3 Å². The fraction of sp³-hybridized carbons (Fsp3) is 0.125. The van der Waals surface area contributed by atoms with Crippen LogP contribution in [0.4, 0.5) is 10.1 Å². The minimum absolute atomic E-state index is 0.00869. The topological polar surface area (TPSA) is 64.6 Å². The molecule has 5 nitrogen and oxygen atoms in total. The van der Waals surface area contributed by atoms with Gasteiger partial charge in [0.2, 0.25) is 0 Å². The molecule has 2 aromatic rings. The molecule has 0 radical (unpaired) electrons. The van der Waals surface area contributed by atoms with Crippen molar-refractivity contribution in [2.45, 2.75) is 0 Å². The van der Waals surface area contributed by atoms with E-state index in [1.807, 2.05) is 12.1 Å². The highest BCUT2D eigenvalue weighted by Crippen LogP contribution is 2.19. The fourth-order valence-electron chi connectivity index (χ4n) is 1.64. The van der Waals surface area contributed by atoms with Crippen LogP contribution < -0.4 is 10.1 Å². The Morgan fingerprint density at radius 1 is 1.12 bits per heavy atom. The Bertz CT molecular complexity index is 739. The van der Waals surface area contributed by atoms with Crippen molar-refractivity contribution >= 4 is 56.1 Å². The quantitative estimate of drug-likeness (QED) is 0.477. The monoisotopic (exact) mass is 507 g/mol. The van der Waals surface area contributed by atoms with Crippen LogP contribution in [0.5, 0.6) is 5.75 Å². The average molecular weight is 508 g/mol. The number of carbonyl (C=O) groups excluding carboxylic acids is 2. The summed E-state index contributed by atoms with van der Waals surface area (Å²) in [5, 5.41) is 2.32. The SMILES string of the molecule is O=C(COC(=O)COc1ccc(I)cc1)Nc1ccc(Br)cc1F. The van der Waals surface area contributed by atoms with Gasteiger partial charge in [0.1, 0.15) is 11.6 Å². The third-order valence-electron chi connectivity index (χ3n) is 2.74. The zero-order chi connectivity index (χ0) is 17.5. The van der Waals surface area contributed by atoms with Gasteiger partial charge in [-0.25, -0.2) is 9.18 Å². The van der Waals surface area contributed by atoms with Crippen molar-refractivity contribution in [3.8, 4) is 5.75 Å². The maximum absolute atomic E-state index is 13.6.